The quantitative estimate of drug-likeness (QED) is 0.752. The van der Waals surface area contributed by atoms with Crippen LogP contribution in [-0.4, -0.2) is 49.6 Å². The molecule has 0 amide bonds. The molecule has 1 N–H and O–H groups in total. The van der Waals surface area contributed by atoms with Crippen molar-refractivity contribution in [3.05, 3.63) is 0 Å². The zero-order valence-electron chi connectivity index (χ0n) is 9.75. The molecule has 0 aromatic carbocycles. The predicted molar refractivity (Wildman–Crippen MR) is 66.1 cm³/mol. The Kier molecular flexibility index (Phi) is 5.90. The monoisotopic (exact) mass is 216 g/mol. The molecule has 2 nitrogen and oxygen atoms in total. The molecule has 1 aliphatic heterocycles. The van der Waals surface area contributed by atoms with Crippen LogP contribution in [0.25, 0.3) is 0 Å². The average molecular weight is 216 g/mol. The van der Waals surface area contributed by atoms with Crippen molar-refractivity contribution in [2.24, 2.45) is 5.92 Å². The van der Waals surface area contributed by atoms with Crippen molar-refractivity contribution in [3.63, 3.8) is 0 Å². The van der Waals surface area contributed by atoms with Crippen molar-refractivity contribution in [1.82, 2.24) is 10.2 Å². The Labute approximate surface area is 92.8 Å². The number of likely N-dealkylation sites (tertiary alicyclic amines) is 1. The van der Waals surface area contributed by atoms with Crippen LogP contribution in [-0.2, 0) is 0 Å². The van der Waals surface area contributed by atoms with Gasteiger partial charge in [0, 0.05) is 12.6 Å². The van der Waals surface area contributed by atoms with E-state index in [0.717, 1.165) is 12.0 Å². The molecule has 1 saturated heterocycles. The van der Waals surface area contributed by atoms with E-state index < -0.39 is 0 Å². The zero-order valence-corrected chi connectivity index (χ0v) is 10.6. The first kappa shape index (κ1) is 12.3. The molecule has 1 heterocycles. The molecule has 0 radical (unpaired) electrons. The molecule has 0 saturated carbocycles. The van der Waals surface area contributed by atoms with Crippen molar-refractivity contribution in [3.8, 4) is 0 Å². The highest BCUT2D eigenvalue weighted by Crippen LogP contribution is 2.13. The van der Waals surface area contributed by atoms with Gasteiger partial charge in [-0.2, -0.15) is 11.8 Å². The lowest BCUT2D eigenvalue weighted by molar-refractivity contribution is 0.184. The van der Waals surface area contributed by atoms with Crippen molar-refractivity contribution in [1.29, 1.82) is 0 Å². The lowest BCUT2D eigenvalue weighted by atomic mass is 10.0. The predicted octanol–water partition coefficient (Wildman–Crippen LogP) is 1.67. The molecule has 1 atom stereocenters. The van der Waals surface area contributed by atoms with Crippen molar-refractivity contribution < 1.29 is 0 Å². The van der Waals surface area contributed by atoms with Crippen molar-refractivity contribution >= 4 is 11.8 Å². The summed E-state index contributed by atoms with van der Waals surface area (Å²) in [6.45, 7) is 6.21. The largest absolute Gasteiger partial charge is 0.317 e. The van der Waals surface area contributed by atoms with Gasteiger partial charge in [0.25, 0.3) is 0 Å². The number of thioether (sulfide) groups is 1. The Hall–Kier alpha value is 0.270. The summed E-state index contributed by atoms with van der Waals surface area (Å²) in [7, 11) is 2.08. The molecule has 1 fully saturated rings. The standard InChI is InChI=1S/C11H24N2S/c1-10(9-14-3)8-13-6-4-11(12-2)5-7-13/h10-12H,4-9H2,1-3H3. The van der Waals surface area contributed by atoms with Gasteiger partial charge in [-0.05, 0) is 50.9 Å². The van der Waals surface area contributed by atoms with E-state index >= 15 is 0 Å². The average Bonchev–Trinajstić information content (AvgIpc) is 2.19. The highest BCUT2D eigenvalue weighted by Gasteiger charge is 2.18. The van der Waals surface area contributed by atoms with Gasteiger partial charge in [0.05, 0.1) is 0 Å². The Morgan fingerprint density at radius 1 is 1.43 bits per heavy atom. The van der Waals surface area contributed by atoms with Gasteiger partial charge in [0.15, 0.2) is 0 Å². The second kappa shape index (κ2) is 6.70. The normalized spacial score (nSPS) is 22.5. The van der Waals surface area contributed by atoms with E-state index in [1.54, 1.807) is 0 Å². The van der Waals surface area contributed by atoms with Crippen LogP contribution in [0.15, 0.2) is 0 Å². The molecule has 1 rings (SSSR count). The molecule has 0 aromatic heterocycles. The highest BCUT2D eigenvalue weighted by molar-refractivity contribution is 7.98. The van der Waals surface area contributed by atoms with E-state index in [9.17, 15) is 0 Å². The smallest absolute Gasteiger partial charge is 0.00884 e. The highest BCUT2D eigenvalue weighted by atomic mass is 32.2. The van der Waals surface area contributed by atoms with Gasteiger partial charge in [-0.15, -0.1) is 0 Å². The topological polar surface area (TPSA) is 15.3 Å². The molecule has 1 aliphatic rings. The third-order valence-corrected chi connectivity index (χ3v) is 3.92. The Morgan fingerprint density at radius 2 is 2.07 bits per heavy atom. The van der Waals surface area contributed by atoms with Gasteiger partial charge in [0.1, 0.15) is 0 Å². The maximum atomic E-state index is 3.37. The number of piperidine rings is 1. The van der Waals surface area contributed by atoms with Crippen molar-refractivity contribution in [2.45, 2.75) is 25.8 Å². The Morgan fingerprint density at radius 3 is 2.57 bits per heavy atom. The van der Waals surface area contributed by atoms with Gasteiger partial charge in [-0.3, -0.25) is 0 Å². The van der Waals surface area contributed by atoms with E-state index in [1.165, 1.54) is 38.2 Å². The fraction of sp³-hybridized carbons (Fsp3) is 1.00. The SMILES string of the molecule is CNC1CCN(CC(C)CSC)CC1. The molecule has 0 spiro atoms. The molecular formula is C11H24N2S. The van der Waals surface area contributed by atoms with Crippen LogP contribution in [0.1, 0.15) is 19.8 Å². The molecular weight excluding hydrogens is 192 g/mol. The fourth-order valence-corrected chi connectivity index (χ4v) is 2.86. The van der Waals surface area contributed by atoms with E-state index in [4.69, 9.17) is 0 Å². The van der Waals surface area contributed by atoms with E-state index in [1.807, 2.05) is 11.8 Å². The Bertz CT molecular complexity index is 144. The first-order chi connectivity index (χ1) is 6.76. The van der Waals surface area contributed by atoms with Crippen LogP contribution in [0.2, 0.25) is 0 Å². The summed E-state index contributed by atoms with van der Waals surface area (Å²) in [6.07, 6.45) is 4.84. The maximum absolute atomic E-state index is 3.37. The van der Waals surface area contributed by atoms with Crippen molar-refractivity contribution in [2.75, 3.05) is 38.7 Å². The first-order valence-electron chi connectivity index (χ1n) is 5.64. The molecule has 0 aliphatic carbocycles. The minimum atomic E-state index is 0.766. The third kappa shape index (κ3) is 4.20. The van der Waals surface area contributed by atoms with Crippen LogP contribution in [0, 0.1) is 5.92 Å². The molecule has 14 heavy (non-hydrogen) atoms. The van der Waals surface area contributed by atoms with Crippen LogP contribution in [0.5, 0.6) is 0 Å². The van der Waals surface area contributed by atoms with E-state index in [0.29, 0.717) is 0 Å². The minimum Gasteiger partial charge on any atom is -0.317 e. The number of nitrogens with zero attached hydrogens (tertiary/aromatic N) is 1. The molecule has 0 aromatic rings. The summed E-state index contributed by atoms with van der Waals surface area (Å²) in [5, 5.41) is 3.37. The van der Waals surface area contributed by atoms with Gasteiger partial charge in [0.2, 0.25) is 0 Å². The van der Waals surface area contributed by atoms with Gasteiger partial charge < -0.3 is 10.2 Å². The first-order valence-corrected chi connectivity index (χ1v) is 7.04. The summed E-state index contributed by atoms with van der Waals surface area (Å²) in [6, 6.07) is 0.766. The second-order valence-electron chi connectivity index (χ2n) is 4.42. The second-order valence-corrected chi connectivity index (χ2v) is 5.33. The van der Waals surface area contributed by atoms with Gasteiger partial charge in [-0.25, -0.2) is 0 Å². The molecule has 1 unspecified atom stereocenters. The summed E-state index contributed by atoms with van der Waals surface area (Å²) in [5.74, 6) is 2.14. The van der Waals surface area contributed by atoms with Crippen LogP contribution in [0.3, 0.4) is 0 Å². The van der Waals surface area contributed by atoms with Crippen LogP contribution < -0.4 is 5.32 Å². The molecule has 3 heteroatoms. The summed E-state index contributed by atoms with van der Waals surface area (Å²) in [5.41, 5.74) is 0. The zero-order chi connectivity index (χ0) is 10.4. The number of nitrogens with one attached hydrogen (secondary N) is 1. The number of hydrogen-bond acceptors (Lipinski definition) is 3. The molecule has 0 bridgehead atoms. The van der Waals surface area contributed by atoms with Gasteiger partial charge >= 0.3 is 0 Å². The minimum absolute atomic E-state index is 0.766. The van der Waals surface area contributed by atoms with Crippen LogP contribution in [0.4, 0.5) is 0 Å². The lowest BCUT2D eigenvalue weighted by Crippen LogP contribution is -2.42. The summed E-state index contributed by atoms with van der Waals surface area (Å²) < 4.78 is 0. The maximum Gasteiger partial charge on any atom is 0.00884 e. The number of hydrogen-bond donors (Lipinski definition) is 1. The van der Waals surface area contributed by atoms with Crippen LogP contribution >= 0.6 is 11.8 Å². The molecule has 84 valence electrons. The van der Waals surface area contributed by atoms with Gasteiger partial charge in [-0.1, -0.05) is 6.92 Å². The summed E-state index contributed by atoms with van der Waals surface area (Å²) >= 11 is 1.96. The Balaban J connectivity index is 2.15. The van der Waals surface area contributed by atoms with E-state index in [-0.39, 0.29) is 0 Å². The summed E-state index contributed by atoms with van der Waals surface area (Å²) in [4.78, 5) is 2.62. The van der Waals surface area contributed by atoms with E-state index in [2.05, 4.69) is 30.4 Å². The fourth-order valence-electron chi connectivity index (χ4n) is 2.18. The third-order valence-electron chi connectivity index (χ3n) is 3.02. The number of rotatable bonds is 5. The lowest BCUT2D eigenvalue weighted by Gasteiger charge is -2.33.